The number of nitrogens with zero attached hydrogens (tertiary/aromatic N) is 1. The van der Waals surface area contributed by atoms with E-state index in [0.29, 0.717) is 0 Å². The third kappa shape index (κ3) is 5.73. The van der Waals surface area contributed by atoms with Gasteiger partial charge in [-0.1, -0.05) is 43.4 Å². The maximum absolute atomic E-state index is 10.7. The first kappa shape index (κ1) is 13.5. The van der Waals surface area contributed by atoms with Gasteiger partial charge >= 0.3 is 6.09 Å². The minimum atomic E-state index is -0.899. The van der Waals surface area contributed by atoms with Crippen LogP contribution in [0.2, 0.25) is 0 Å². The minimum Gasteiger partial charge on any atom is -0.465 e. The number of amides is 1. The van der Waals surface area contributed by atoms with Crippen molar-refractivity contribution in [3.8, 4) is 0 Å². The second-order valence-corrected chi connectivity index (χ2v) is 3.16. The van der Waals surface area contributed by atoms with E-state index in [1.165, 1.54) is 4.90 Å². The van der Waals surface area contributed by atoms with Gasteiger partial charge in [0.15, 0.2) is 0 Å². The lowest BCUT2D eigenvalue weighted by Crippen LogP contribution is -2.34. The Bertz CT molecular complexity index is 267. The van der Waals surface area contributed by atoms with E-state index in [1.807, 2.05) is 50.3 Å². The lowest BCUT2D eigenvalue weighted by Gasteiger charge is -2.20. The van der Waals surface area contributed by atoms with Gasteiger partial charge in [-0.15, -0.1) is 0 Å². The monoisotopic (exact) mass is 209 g/mol. The summed E-state index contributed by atoms with van der Waals surface area (Å²) in [6.45, 7) is 3.91. The van der Waals surface area contributed by atoms with Gasteiger partial charge in [-0.2, -0.15) is 0 Å². The smallest absolute Gasteiger partial charge is 0.407 e. The highest BCUT2D eigenvalue weighted by Crippen LogP contribution is 2.03. The normalized spacial score (nSPS) is 14.1. The quantitative estimate of drug-likeness (QED) is 0.707. The van der Waals surface area contributed by atoms with E-state index < -0.39 is 6.09 Å². The molecule has 1 amide bonds. The average molecular weight is 209 g/mol. The fourth-order valence-corrected chi connectivity index (χ4v) is 1.11. The second kappa shape index (κ2) is 7.85. The molecule has 0 heterocycles. The van der Waals surface area contributed by atoms with Crippen molar-refractivity contribution in [1.82, 2.24) is 4.90 Å². The number of allylic oxidation sites excluding steroid dienone is 5. The molecule has 0 aromatic carbocycles. The molecule has 0 saturated heterocycles. The zero-order valence-electron chi connectivity index (χ0n) is 9.55. The molecule has 84 valence electrons. The summed E-state index contributed by atoms with van der Waals surface area (Å²) in [5.74, 6) is 0. The molecule has 1 unspecified atom stereocenters. The maximum atomic E-state index is 10.7. The molecule has 0 spiro atoms. The van der Waals surface area contributed by atoms with E-state index in [9.17, 15) is 4.79 Å². The van der Waals surface area contributed by atoms with E-state index in [2.05, 4.69) is 0 Å². The number of rotatable bonds is 5. The summed E-state index contributed by atoms with van der Waals surface area (Å²) in [5.41, 5.74) is 0. The first-order valence-corrected chi connectivity index (χ1v) is 5.05. The Kier molecular flexibility index (Phi) is 7.06. The number of carboxylic acid groups (broad SMARTS) is 1. The standard InChI is InChI=1S/C12H19NO2/c1-4-6-7-8-9-10-11(5-2)13(3)12(14)15/h4,6-11H,5H2,1-3H3,(H,14,15). The van der Waals surface area contributed by atoms with Crippen molar-refractivity contribution in [3.63, 3.8) is 0 Å². The van der Waals surface area contributed by atoms with Crippen LogP contribution in [0, 0.1) is 0 Å². The summed E-state index contributed by atoms with van der Waals surface area (Å²) in [6, 6.07) is -0.0576. The Morgan fingerprint density at radius 2 is 1.93 bits per heavy atom. The third-order valence-corrected chi connectivity index (χ3v) is 2.08. The predicted molar refractivity (Wildman–Crippen MR) is 63.0 cm³/mol. The van der Waals surface area contributed by atoms with Gasteiger partial charge in [-0.25, -0.2) is 4.79 Å². The fourth-order valence-electron chi connectivity index (χ4n) is 1.11. The molecule has 0 aliphatic carbocycles. The largest absolute Gasteiger partial charge is 0.465 e. The predicted octanol–water partition coefficient (Wildman–Crippen LogP) is 3.06. The first-order valence-electron chi connectivity index (χ1n) is 5.05. The molecule has 0 radical (unpaired) electrons. The number of likely N-dealkylation sites (N-methyl/N-ethyl adjacent to an activating group) is 1. The SMILES string of the molecule is CC=CC=CC=CC(CC)N(C)C(=O)O. The van der Waals surface area contributed by atoms with Crippen molar-refractivity contribution in [2.75, 3.05) is 7.05 Å². The molecule has 0 aliphatic heterocycles. The Labute approximate surface area is 91.4 Å². The topological polar surface area (TPSA) is 40.5 Å². The van der Waals surface area contributed by atoms with Crippen LogP contribution in [0.1, 0.15) is 20.3 Å². The van der Waals surface area contributed by atoms with Crippen molar-refractivity contribution < 1.29 is 9.90 Å². The van der Waals surface area contributed by atoms with Gasteiger partial charge in [0, 0.05) is 7.05 Å². The highest BCUT2D eigenvalue weighted by atomic mass is 16.4. The molecule has 1 atom stereocenters. The lowest BCUT2D eigenvalue weighted by molar-refractivity contribution is 0.145. The molecule has 3 heteroatoms. The molecule has 0 saturated carbocycles. The first-order chi connectivity index (χ1) is 7.13. The van der Waals surface area contributed by atoms with Crippen LogP contribution in [0.3, 0.4) is 0 Å². The van der Waals surface area contributed by atoms with Gasteiger partial charge < -0.3 is 10.0 Å². The van der Waals surface area contributed by atoms with Gasteiger partial charge in [-0.05, 0) is 13.3 Å². The van der Waals surface area contributed by atoms with E-state index in [0.717, 1.165) is 6.42 Å². The van der Waals surface area contributed by atoms with Gasteiger partial charge in [0.05, 0.1) is 6.04 Å². The summed E-state index contributed by atoms with van der Waals surface area (Å²) in [4.78, 5) is 12.0. The molecule has 15 heavy (non-hydrogen) atoms. The van der Waals surface area contributed by atoms with Gasteiger partial charge in [0.25, 0.3) is 0 Å². The van der Waals surface area contributed by atoms with Crippen LogP contribution in [0.15, 0.2) is 36.5 Å². The van der Waals surface area contributed by atoms with Crippen LogP contribution in [-0.4, -0.2) is 29.2 Å². The highest BCUT2D eigenvalue weighted by Gasteiger charge is 2.13. The average Bonchev–Trinajstić information content (AvgIpc) is 2.22. The van der Waals surface area contributed by atoms with Crippen LogP contribution in [0.25, 0.3) is 0 Å². The molecule has 1 N–H and O–H groups in total. The van der Waals surface area contributed by atoms with Gasteiger partial charge in [-0.3, -0.25) is 0 Å². The summed E-state index contributed by atoms with van der Waals surface area (Å²) < 4.78 is 0. The minimum absolute atomic E-state index is 0.0576. The second-order valence-electron chi connectivity index (χ2n) is 3.16. The molecule has 0 bridgehead atoms. The van der Waals surface area contributed by atoms with Crippen molar-refractivity contribution in [2.24, 2.45) is 0 Å². The molecule has 0 aromatic rings. The van der Waals surface area contributed by atoms with E-state index >= 15 is 0 Å². The number of carbonyl (C=O) groups is 1. The molecular formula is C12H19NO2. The Hall–Kier alpha value is -1.51. The third-order valence-electron chi connectivity index (χ3n) is 2.08. The maximum Gasteiger partial charge on any atom is 0.407 e. The molecule has 0 fully saturated rings. The highest BCUT2D eigenvalue weighted by molar-refractivity contribution is 5.65. The van der Waals surface area contributed by atoms with E-state index in [1.54, 1.807) is 7.05 Å². The van der Waals surface area contributed by atoms with Gasteiger partial charge in [0.1, 0.15) is 0 Å². The van der Waals surface area contributed by atoms with Crippen molar-refractivity contribution >= 4 is 6.09 Å². The van der Waals surface area contributed by atoms with E-state index in [-0.39, 0.29) is 6.04 Å². The Morgan fingerprint density at radius 1 is 1.33 bits per heavy atom. The molecule has 0 aromatic heterocycles. The van der Waals surface area contributed by atoms with Crippen LogP contribution in [-0.2, 0) is 0 Å². The summed E-state index contributed by atoms with van der Waals surface area (Å²) >= 11 is 0. The molecule has 0 rings (SSSR count). The van der Waals surface area contributed by atoms with Crippen LogP contribution < -0.4 is 0 Å². The van der Waals surface area contributed by atoms with Crippen molar-refractivity contribution in [1.29, 1.82) is 0 Å². The fraction of sp³-hybridized carbons (Fsp3) is 0.417. The van der Waals surface area contributed by atoms with Crippen LogP contribution in [0.4, 0.5) is 4.79 Å². The number of hydrogen-bond acceptors (Lipinski definition) is 1. The summed E-state index contributed by atoms with van der Waals surface area (Å²) in [7, 11) is 1.58. The van der Waals surface area contributed by atoms with Crippen molar-refractivity contribution in [2.45, 2.75) is 26.3 Å². The summed E-state index contributed by atoms with van der Waals surface area (Å²) in [5, 5.41) is 8.79. The zero-order valence-corrected chi connectivity index (χ0v) is 9.55. The van der Waals surface area contributed by atoms with E-state index in [4.69, 9.17) is 5.11 Å². The molecule has 3 nitrogen and oxygen atoms in total. The molecular weight excluding hydrogens is 190 g/mol. The van der Waals surface area contributed by atoms with Gasteiger partial charge in [0.2, 0.25) is 0 Å². The zero-order chi connectivity index (χ0) is 11.7. The number of hydrogen-bond donors (Lipinski definition) is 1. The lowest BCUT2D eigenvalue weighted by atomic mass is 10.2. The van der Waals surface area contributed by atoms with Crippen molar-refractivity contribution in [3.05, 3.63) is 36.5 Å². The summed E-state index contributed by atoms with van der Waals surface area (Å²) in [6.07, 6.45) is 11.3. The van der Waals surface area contributed by atoms with Crippen LogP contribution >= 0.6 is 0 Å². The Balaban J connectivity index is 4.26. The molecule has 0 aliphatic rings. The van der Waals surface area contributed by atoms with Crippen LogP contribution in [0.5, 0.6) is 0 Å². The Morgan fingerprint density at radius 3 is 2.40 bits per heavy atom.